The molecule has 0 atom stereocenters. The van der Waals surface area contributed by atoms with Crippen molar-refractivity contribution >= 4 is 17.7 Å². The van der Waals surface area contributed by atoms with Crippen LogP contribution in [0.4, 0.5) is 0 Å². The third-order valence-corrected chi connectivity index (χ3v) is 3.43. The number of ether oxygens (including phenoxy) is 3. The predicted octanol–water partition coefficient (Wildman–Crippen LogP) is 4.90. The standard InChI is InChI=1S/C19H22ClNO3/c1-3-22-19(23-4-2)16-9-7-15(8-10-16)6-5-13-24-17-11-12-18(20)21-14-17/h5-12,14,19H,3-4,13H2,1-2H3/b6-5+. The molecule has 0 spiro atoms. The number of benzene rings is 1. The van der Waals surface area contributed by atoms with Gasteiger partial charge in [-0.3, -0.25) is 0 Å². The van der Waals surface area contributed by atoms with Crippen molar-refractivity contribution in [3.05, 3.63) is 65.0 Å². The molecule has 0 saturated heterocycles. The Morgan fingerprint density at radius 2 is 1.75 bits per heavy atom. The molecule has 128 valence electrons. The zero-order valence-electron chi connectivity index (χ0n) is 13.9. The summed E-state index contributed by atoms with van der Waals surface area (Å²) in [7, 11) is 0. The molecule has 1 aromatic heterocycles. The number of pyridine rings is 1. The smallest absolute Gasteiger partial charge is 0.183 e. The lowest BCUT2D eigenvalue weighted by molar-refractivity contribution is -0.140. The summed E-state index contributed by atoms with van der Waals surface area (Å²) in [5.41, 5.74) is 2.10. The first kappa shape index (κ1) is 18.5. The maximum atomic E-state index is 5.73. The van der Waals surface area contributed by atoms with Gasteiger partial charge in [-0.05, 0) is 37.6 Å². The first-order valence-electron chi connectivity index (χ1n) is 7.97. The topological polar surface area (TPSA) is 40.6 Å². The predicted molar refractivity (Wildman–Crippen MR) is 96.2 cm³/mol. The molecule has 1 aromatic carbocycles. The van der Waals surface area contributed by atoms with Crippen molar-refractivity contribution in [1.29, 1.82) is 0 Å². The van der Waals surface area contributed by atoms with E-state index in [-0.39, 0.29) is 6.29 Å². The van der Waals surface area contributed by atoms with Gasteiger partial charge in [-0.2, -0.15) is 0 Å². The van der Waals surface area contributed by atoms with Gasteiger partial charge < -0.3 is 14.2 Å². The number of aromatic nitrogens is 1. The van der Waals surface area contributed by atoms with E-state index < -0.39 is 0 Å². The molecule has 4 nitrogen and oxygen atoms in total. The van der Waals surface area contributed by atoms with Crippen molar-refractivity contribution in [3.8, 4) is 5.75 Å². The highest BCUT2D eigenvalue weighted by atomic mass is 35.5. The SMILES string of the molecule is CCOC(OCC)c1ccc(/C=C/COc2ccc(Cl)nc2)cc1. The van der Waals surface area contributed by atoms with Gasteiger partial charge >= 0.3 is 0 Å². The first-order valence-corrected chi connectivity index (χ1v) is 8.34. The molecule has 0 radical (unpaired) electrons. The largest absolute Gasteiger partial charge is 0.488 e. The maximum Gasteiger partial charge on any atom is 0.183 e. The van der Waals surface area contributed by atoms with Gasteiger partial charge in [0.15, 0.2) is 6.29 Å². The fourth-order valence-corrected chi connectivity index (χ4v) is 2.20. The third-order valence-electron chi connectivity index (χ3n) is 3.20. The molecule has 0 N–H and O–H groups in total. The number of hydrogen-bond donors (Lipinski definition) is 0. The van der Waals surface area contributed by atoms with Crippen LogP contribution in [0.2, 0.25) is 5.15 Å². The minimum atomic E-state index is -0.307. The van der Waals surface area contributed by atoms with Crippen molar-refractivity contribution < 1.29 is 14.2 Å². The molecule has 2 aromatic rings. The van der Waals surface area contributed by atoms with E-state index in [2.05, 4.69) is 4.98 Å². The molecule has 24 heavy (non-hydrogen) atoms. The Kier molecular flexibility index (Phi) is 7.75. The molecule has 0 aliphatic rings. The Balaban J connectivity index is 1.87. The van der Waals surface area contributed by atoms with Gasteiger partial charge in [-0.1, -0.05) is 41.9 Å². The lowest BCUT2D eigenvalue weighted by Crippen LogP contribution is -2.08. The molecule has 0 bridgehead atoms. The fraction of sp³-hybridized carbons (Fsp3) is 0.316. The van der Waals surface area contributed by atoms with Gasteiger partial charge in [-0.15, -0.1) is 0 Å². The zero-order valence-corrected chi connectivity index (χ0v) is 14.7. The van der Waals surface area contributed by atoms with E-state index >= 15 is 0 Å². The van der Waals surface area contributed by atoms with Crippen LogP contribution in [0.1, 0.15) is 31.3 Å². The minimum Gasteiger partial charge on any atom is -0.488 e. The van der Waals surface area contributed by atoms with Gasteiger partial charge in [0.1, 0.15) is 17.5 Å². The monoisotopic (exact) mass is 347 g/mol. The summed E-state index contributed by atoms with van der Waals surface area (Å²) < 4.78 is 16.7. The minimum absolute atomic E-state index is 0.307. The fourth-order valence-electron chi connectivity index (χ4n) is 2.08. The summed E-state index contributed by atoms with van der Waals surface area (Å²) in [5.74, 6) is 0.690. The molecule has 0 amide bonds. The van der Waals surface area contributed by atoms with Crippen LogP contribution >= 0.6 is 11.6 Å². The van der Waals surface area contributed by atoms with E-state index in [1.807, 2.05) is 50.3 Å². The van der Waals surface area contributed by atoms with E-state index in [0.717, 1.165) is 11.1 Å². The highest BCUT2D eigenvalue weighted by Crippen LogP contribution is 2.20. The second-order valence-electron chi connectivity index (χ2n) is 4.94. The summed E-state index contributed by atoms with van der Waals surface area (Å²) in [6, 6.07) is 11.6. The zero-order chi connectivity index (χ0) is 17.2. The normalized spacial score (nSPS) is 11.3. The molecule has 0 saturated carbocycles. The van der Waals surface area contributed by atoms with E-state index in [9.17, 15) is 0 Å². The lowest BCUT2D eigenvalue weighted by Gasteiger charge is -2.17. The number of halogens is 1. The van der Waals surface area contributed by atoms with E-state index in [1.54, 1.807) is 18.3 Å². The first-order chi connectivity index (χ1) is 11.7. The Hall–Kier alpha value is -1.88. The molecule has 0 aliphatic heterocycles. The highest BCUT2D eigenvalue weighted by molar-refractivity contribution is 6.29. The number of rotatable bonds is 9. The van der Waals surface area contributed by atoms with E-state index in [0.29, 0.717) is 30.7 Å². The van der Waals surface area contributed by atoms with Crippen LogP contribution < -0.4 is 4.74 Å². The summed E-state index contributed by atoms with van der Waals surface area (Å²) in [5, 5.41) is 0.454. The van der Waals surface area contributed by atoms with Crippen LogP contribution in [0.5, 0.6) is 5.75 Å². The van der Waals surface area contributed by atoms with Crippen molar-refractivity contribution in [1.82, 2.24) is 4.98 Å². The van der Waals surface area contributed by atoms with Gasteiger partial charge in [-0.25, -0.2) is 4.98 Å². The van der Waals surface area contributed by atoms with Crippen LogP contribution in [-0.2, 0) is 9.47 Å². The van der Waals surface area contributed by atoms with Crippen molar-refractivity contribution in [2.24, 2.45) is 0 Å². The number of nitrogens with zero attached hydrogens (tertiary/aromatic N) is 1. The van der Waals surface area contributed by atoms with Crippen molar-refractivity contribution in [2.75, 3.05) is 19.8 Å². The molecule has 2 rings (SSSR count). The Labute approximate surface area is 148 Å². The second-order valence-corrected chi connectivity index (χ2v) is 5.33. The summed E-state index contributed by atoms with van der Waals surface area (Å²) >= 11 is 5.73. The van der Waals surface area contributed by atoms with Crippen LogP contribution in [0.3, 0.4) is 0 Å². The second kappa shape index (κ2) is 10.1. The Morgan fingerprint density at radius 1 is 1.04 bits per heavy atom. The van der Waals surface area contributed by atoms with Gasteiger partial charge in [0.05, 0.1) is 6.20 Å². The average molecular weight is 348 g/mol. The summed E-state index contributed by atoms with van der Waals surface area (Å²) in [6.07, 6.45) is 5.25. The quantitative estimate of drug-likeness (QED) is 0.478. The Bertz CT molecular complexity index is 620. The third kappa shape index (κ3) is 5.96. The van der Waals surface area contributed by atoms with E-state index in [1.165, 1.54) is 0 Å². The van der Waals surface area contributed by atoms with Crippen LogP contribution in [0.15, 0.2) is 48.7 Å². The molecule has 5 heteroatoms. The van der Waals surface area contributed by atoms with Crippen molar-refractivity contribution in [3.63, 3.8) is 0 Å². The highest BCUT2D eigenvalue weighted by Gasteiger charge is 2.10. The molecular formula is C19H22ClNO3. The summed E-state index contributed by atoms with van der Waals surface area (Å²) in [4.78, 5) is 3.96. The molecule has 1 heterocycles. The molecular weight excluding hydrogens is 326 g/mol. The van der Waals surface area contributed by atoms with Gasteiger partial charge in [0.2, 0.25) is 0 Å². The molecule has 0 fully saturated rings. The van der Waals surface area contributed by atoms with Gasteiger partial charge in [0.25, 0.3) is 0 Å². The number of hydrogen-bond acceptors (Lipinski definition) is 4. The van der Waals surface area contributed by atoms with Crippen molar-refractivity contribution in [2.45, 2.75) is 20.1 Å². The maximum absolute atomic E-state index is 5.73. The molecule has 0 aliphatic carbocycles. The molecule has 0 unspecified atom stereocenters. The average Bonchev–Trinajstić information content (AvgIpc) is 2.61. The summed E-state index contributed by atoms with van der Waals surface area (Å²) in [6.45, 7) is 5.61. The van der Waals surface area contributed by atoms with Crippen LogP contribution in [-0.4, -0.2) is 24.8 Å². The lowest BCUT2D eigenvalue weighted by atomic mass is 10.1. The van der Waals surface area contributed by atoms with Crippen LogP contribution in [0, 0.1) is 0 Å². The van der Waals surface area contributed by atoms with E-state index in [4.69, 9.17) is 25.8 Å². The van der Waals surface area contributed by atoms with Crippen LogP contribution in [0.25, 0.3) is 6.08 Å². The Morgan fingerprint density at radius 3 is 2.33 bits per heavy atom. The van der Waals surface area contributed by atoms with Gasteiger partial charge in [0, 0.05) is 18.8 Å².